The number of hydrogen-bond donors (Lipinski definition) is 1. The number of rotatable bonds is 7. The number of benzene rings is 1. The maximum Gasteiger partial charge on any atom is 0.123 e. The highest BCUT2D eigenvalue weighted by Gasteiger charge is 2.24. The highest BCUT2D eigenvalue weighted by molar-refractivity contribution is 5.27. The number of hydrogen-bond acceptors (Lipinski definition) is 2. The van der Waals surface area contributed by atoms with Crippen LogP contribution < -0.4 is 5.32 Å². The molecule has 2 nitrogen and oxygen atoms in total. The Morgan fingerprint density at radius 2 is 2.00 bits per heavy atom. The lowest BCUT2D eigenvalue weighted by Gasteiger charge is -2.30. The Kier molecular flexibility index (Phi) is 6.46. The quantitative estimate of drug-likeness (QED) is 0.818. The number of likely N-dealkylation sites (N-methyl/N-ethyl adjacent to an activating group) is 1. The van der Waals surface area contributed by atoms with E-state index in [0.717, 1.165) is 24.1 Å². The van der Waals surface area contributed by atoms with E-state index in [1.165, 1.54) is 6.07 Å². The maximum atomic E-state index is 13.4. The van der Waals surface area contributed by atoms with Crippen molar-refractivity contribution in [2.24, 2.45) is 5.92 Å². The molecule has 0 fully saturated rings. The van der Waals surface area contributed by atoms with Crippen molar-refractivity contribution in [3.05, 3.63) is 35.1 Å². The summed E-state index contributed by atoms with van der Waals surface area (Å²) in [6.45, 7) is 9.28. The lowest BCUT2D eigenvalue weighted by atomic mass is 9.92. The molecular formula is C16H26FNO. The van der Waals surface area contributed by atoms with Crippen LogP contribution in [-0.2, 0) is 11.2 Å². The van der Waals surface area contributed by atoms with Gasteiger partial charge in [0.05, 0.1) is 6.10 Å². The molecular weight excluding hydrogens is 241 g/mol. The van der Waals surface area contributed by atoms with Gasteiger partial charge in [-0.3, -0.25) is 0 Å². The number of halogens is 1. The van der Waals surface area contributed by atoms with Gasteiger partial charge in [-0.1, -0.05) is 26.8 Å². The monoisotopic (exact) mass is 267 g/mol. The summed E-state index contributed by atoms with van der Waals surface area (Å²) < 4.78 is 19.0. The Morgan fingerprint density at radius 3 is 2.53 bits per heavy atom. The Labute approximate surface area is 116 Å². The van der Waals surface area contributed by atoms with E-state index in [2.05, 4.69) is 26.1 Å². The van der Waals surface area contributed by atoms with Crippen molar-refractivity contribution in [1.29, 1.82) is 0 Å². The van der Waals surface area contributed by atoms with Gasteiger partial charge in [-0.15, -0.1) is 0 Å². The predicted octanol–water partition coefficient (Wildman–Crippen LogP) is 3.33. The molecule has 1 rings (SSSR count). The van der Waals surface area contributed by atoms with Crippen LogP contribution in [0.5, 0.6) is 0 Å². The second kappa shape index (κ2) is 7.61. The van der Waals surface area contributed by atoms with Gasteiger partial charge in [0.25, 0.3) is 0 Å². The van der Waals surface area contributed by atoms with Crippen LogP contribution in [0.2, 0.25) is 0 Å². The number of methoxy groups -OCH3 is 1. The molecule has 0 heterocycles. The van der Waals surface area contributed by atoms with Crippen LogP contribution in [0.3, 0.4) is 0 Å². The molecule has 2 atom stereocenters. The summed E-state index contributed by atoms with van der Waals surface area (Å²) in [5.41, 5.74) is 2.18. The summed E-state index contributed by atoms with van der Waals surface area (Å²) in [6, 6.07) is 5.19. The predicted molar refractivity (Wildman–Crippen MR) is 77.9 cm³/mol. The van der Waals surface area contributed by atoms with Crippen molar-refractivity contribution in [2.75, 3.05) is 13.7 Å². The first kappa shape index (κ1) is 16.1. The second-order valence-electron chi connectivity index (χ2n) is 5.38. The van der Waals surface area contributed by atoms with E-state index >= 15 is 0 Å². The van der Waals surface area contributed by atoms with E-state index in [1.54, 1.807) is 13.2 Å². The van der Waals surface area contributed by atoms with E-state index in [4.69, 9.17) is 4.74 Å². The Hall–Kier alpha value is -0.930. The van der Waals surface area contributed by atoms with Gasteiger partial charge in [0.2, 0.25) is 0 Å². The molecule has 3 heteroatoms. The molecule has 0 saturated heterocycles. The molecule has 1 N–H and O–H groups in total. The van der Waals surface area contributed by atoms with Crippen LogP contribution in [0.25, 0.3) is 0 Å². The molecule has 0 aliphatic carbocycles. The van der Waals surface area contributed by atoms with Crippen molar-refractivity contribution in [1.82, 2.24) is 5.32 Å². The first-order valence-corrected chi connectivity index (χ1v) is 7.00. The van der Waals surface area contributed by atoms with Gasteiger partial charge in [-0.2, -0.15) is 0 Å². The molecule has 0 bridgehead atoms. The van der Waals surface area contributed by atoms with Gasteiger partial charge in [-0.25, -0.2) is 4.39 Å². The topological polar surface area (TPSA) is 21.3 Å². The minimum Gasteiger partial charge on any atom is -0.380 e. The van der Waals surface area contributed by atoms with Crippen LogP contribution in [0.15, 0.2) is 18.2 Å². The van der Waals surface area contributed by atoms with Crippen LogP contribution in [-0.4, -0.2) is 25.8 Å². The van der Waals surface area contributed by atoms with Gasteiger partial charge in [0.15, 0.2) is 0 Å². The smallest absolute Gasteiger partial charge is 0.123 e. The highest BCUT2D eigenvalue weighted by atomic mass is 19.1. The fourth-order valence-electron chi connectivity index (χ4n) is 2.56. The van der Waals surface area contributed by atoms with Gasteiger partial charge < -0.3 is 10.1 Å². The largest absolute Gasteiger partial charge is 0.380 e. The van der Waals surface area contributed by atoms with Crippen LogP contribution in [0.1, 0.15) is 31.9 Å². The molecule has 108 valence electrons. The zero-order chi connectivity index (χ0) is 14.4. The first-order chi connectivity index (χ1) is 8.99. The van der Waals surface area contributed by atoms with Crippen molar-refractivity contribution < 1.29 is 9.13 Å². The van der Waals surface area contributed by atoms with Gasteiger partial charge >= 0.3 is 0 Å². The Balaban J connectivity index is 2.91. The van der Waals surface area contributed by atoms with Crippen LogP contribution >= 0.6 is 0 Å². The molecule has 19 heavy (non-hydrogen) atoms. The molecule has 1 aromatic carbocycles. The van der Waals surface area contributed by atoms with Gasteiger partial charge in [-0.05, 0) is 49.1 Å². The lowest BCUT2D eigenvalue weighted by molar-refractivity contribution is 0.0336. The SMILES string of the molecule is CCNC(Cc1cc(F)ccc1C)C(OC)C(C)C. The number of nitrogens with one attached hydrogen (secondary N) is 1. The normalized spacial score (nSPS) is 14.7. The third-order valence-corrected chi connectivity index (χ3v) is 3.54. The first-order valence-electron chi connectivity index (χ1n) is 7.00. The molecule has 0 aliphatic heterocycles. The van der Waals surface area contributed by atoms with Crippen molar-refractivity contribution >= 4 is 0 Å². The number of aryl methyl sites for hydroxylation is 1. The molecule has 1 aromatic rings. The van der Waals surface area contributed by atoms with Crippen molar-refractivity contribution in [3.63, 3.8) is 0 Å². The van der Waals surface area contributed by atoms with Crippen molar-refractivity contribution in [3.8, 4) is 0 Å². The molecule has 0 aliphatic rings. The summed E-state index contributed by atoms with van der Waals surface area (Å²) in [6.07, 6.45) is 0.913. The van der Waals surface area contributed by atoms with Crippen LogP contribution in [0, 0.1) is 18.7 Å². The molecule has 0 saturated carbocycles. The molecule has 0 amide bonds. The molecule has 0 spiro atoms. The summed E-state index contributed by atoms with van der Waals surface area (Å²) in [7, 11) is 1.74. The molecule has 2 unspecified atom stereocenters. The van der Waals surface area contributed by atoms with Gasteiger partial charge in [0, 0.05) is 13.2 Å². The van der Waals surface area contributed by atoms with E-state index in [9.17, 15) is 4.39 Å². The third-order valence-electron chi connectivity index (χ3n) is 3.54. The third kappa shape index (κ3) is 4.59. The second-order valence-corrected chi connectivity index (χ2v) is 5.38. The minimum absolute atomic E-state index is 0.127. The van der Waals surface area contributed by atoms with E-state index < -0.39 is 0 Å². The van der Waals surface area contributed by atoms with Gasteiger partial charge in [0.1, 0.15) is 5.82 Å². The van der Waals surface area contributed by atoms with E-state index in [0.29, 0.717) is 5.92 Å². The molecule has 0 aromatic heterocycles. The van der Waals surface area contributed by atoms with Crippen molar-refractivity contribution in [2.45, 2.75) is 46.3 Å². The highest BCUT2D eigenvalue weighted by Crippen LogP contribution is 2.18. The maximum absolute atomic E-state index is 13.4. The summed E-state index contributed by atoms with van der Waals surface area (Å²) in [5.74, 6) is 0.247. The van der Waals surface area contributed by atoms with Crippen LogP contribution in [0.4, 0.5) is 4.39 Å². The summed E-state index contributed by atoms with van der Waals surface area (Å²) in [4.78, 5) is 0. The summed E-state index contributed by atoms with van der Waals surface area (Å²) in [5, 5.41) is 3.46. The Morgan fingerprint density at radius 1 is 1.32 bits per heavy atom. The fourth-order valence-corrected chi connectivity index (χ4v) is 2.56. The standard InChI is InChI=1S/C16H26FNO/c1-6-18-15(16(19-5)11(2)3)10-13-9-14(17)8-7-12(13)4/h7-9,11,15-16,18H,6,10H2,1-5H3. The van der Waals surface area contributed by atoms with E-state index in [-0.39, 0.29) is 18.0 Å². The molecule has 0 radical (unpaired) electrons. The lowest BCUT2D eigenvalue weighted by Crippen LogP contribution is -2.45. The fraction of sp³-hybridized carbons (Fsp3) is 0.625. The summed E-state index contributed by atoms with van der Waals surface area (Å²) >= 11 is 0. The average molecular weight is 267 g/mol. The van der Waals surface area contributed by atoms with E-state index in [1.807, 2.05) is 13.0 Å². The number of ether oxygens (including phenoxy) is 1. The zero-order valence-electron chi connectivity index (χ0n) is 12.7. The minimum atomic E-state index is -0.172. The zero-order valence-corrected chi connectivity index (χ0v) is 12.7. The Bertz CT molecular complexity index is 392. The average Bonchev–Trinajstić information content (AvgIpc) is 2.34.